The molecule has 30 heavy (non-hydrogen) atoms. The number of ether oxygens (including phenoxy) is 1. The average molecular weight is 426 g/mol. The number of hydrogen-bond acceptors (Lipinski definition) is 3. The Balaban J connectivity index is 1.74. The molecular formula is C22H29F3N2O3. The lowest BCUT2D eigenvalue weighted by Crippen LogP contribution is -2.42. The maximum absolute atomic E-state index is 13.0. The summed E-state index contributed by atoms with van der Waals surface area (Å²) in [5.74, 6) is -1.64. The molecule has 0 radical (unpaired) electrons. The second kappa shape index (κ2) is 8.47. The highest BCUT2D eigenvalue weighted by Gasteiger charge is 2.46. The molecule has 8 heteroatoms. The number of carbonyl (C=O) groups excluding carboxylic acids is 2. The molecule has 3 rings (SSSR count). The van der Waals surface area contributed by atoms with E-state index in [-0.39, 0.29) is 18.6 Å². The van der Waals surface area contributed by atoms with Crippen LogP contribution in [-0.2, 0) is 9.53 Å². The van der Waals surface area contributed by atoms with Gasteiger partial charge in [0.15, 0.2) is 0 Å². The zero-order chi connectivity index (χ0) is 22.1. The van der Waals surface area contributed by atoms with E-state index in [1.54, 1.807) is 4.90 Å². The molecule has 0 saturated carbocycles. The summed E-state index contributed by atoms with van der Waals surface area (Å²) in [5, 5.41) is 0. The van der Waals surface area contributed by atoms with Gasteiger partial charge >= 0.3 is 18.2 Å². The van der Waals surface area contributed by atoms with E-state index in [1.807, 2.05) is 45.0 Å². The molecule has 0 bridgehead atoms. The lowest BCUT2D eigenvalue weighted by Gasteiger charge is -2.35. The van der Waals surface area contributed by atoms with Gasteiger partial charge in [0.1, 0.15) is 5.60 Å². The highest BCUT2D eigenvalue weighted by molar-refractivity contribution is 5.82. The third-order valence-corrected chi connectivity index (χ3v) is 5.70. The molecular weight excluding hydrogens is 397 g/mol. The van der Waals surface area contributed by atoms with Gasteiger partial charge in [0.05, 0.1) is 6.04 Å². The molecule has 1 atom stereocenters. The molecule has 1 aromatic carbocycles. The molecule has 0 aromatic heterocycles. The Morgan fingerprint density at radius 2 is 1.57 bits per heavy atom. The summed E-state index contributed by atoms with van der Waals surface area (Å²) in [6.07, 6.45) is -2.72. The van der Waals surface area contributed by atoms with Crippen molar-refractivity contribution in [2.45, 2.75) is 70.2 Å². The van der Waals surface area contributed by atoms with Gasteiger partial charge in [0.25, 0.3) is 0 Å². The molecule has 2 aliphatic heterocycles. The van der Waals surface area contributed by atoms with Crippen molar-refractivity contribution in [3.05, 3.63) is 35.4 Å². The molecule has 166 valence electrons. The Morgan fingerprint density at radius 3 is 2.13 bits per heavy atom. The number of carbonyl (C=O) groups is 2. The summed E-state index contributed by atoms with van der Waals surface area (Å²) < 4.78 is 44.6. The number of alkyl halides is 3. The summed E-state index contributed by atoms with van der Waals surface area (Å²) >= 11 is 0. The first-order valence-corrected chi connectivity index (χ1v) is 10.4. The van der Waals surface area contributed by atoms with Gasteiger partial charge in [-0.05, 0) is 63.5 Å². The van der Waals surface area contributed by atoms with Gasteiger partial charge in [0, 0.05) is 19.6 Å². The van der Waals surface area contributed by atoms with Crippen LogP contribution in [0.4, 0.5) is 18.0 Å². The summed E-state index contributed by atoms with van der Waals surface area (Å²) in [5.41, 5.74) is 1.22. The van der Waals surface area contributed by atoms with Crippen LogP contribution in [-0.4, -0.2) is 53.2 Å². The van der Waals surface area contributed by atoms with E-state index in [4.69, 9.17) is 4.74 Å². The monoisotopic (exact) mass is 426 g/mol. The number of benzene rings is 1. The Bertz CT molecular complexity index is 781. The topological polar surface area (TPSA) is 49.9 Å². The summed E-state index contributed by atoms with van der Waals surface area (Å²) in [4.78, 5) is 26.9. The Labute approximate surface area is 175 Å². The third-order valence-electron chi connectivity index (χ3n) is 5.70. The second-order valence-electron chi connectivity index (χ2n) is 9.02. The predicted octanol–water partition coefficient (Wildman–Crippen LogP) is 5.03. The standard InChI is InChI=1S/C22H29F3N2O3/c1-21(2,3)30-20(29)26-13-10-15(11-14-26)16-7-4-5-8-17(16)18-9-6-12-27(18)19(28)22(23,24)25/h4-5,7-8,15,18H,6,9-14H2,1-3H3. The smallest absolute Gasteiger partial charge is 0.444 e. The maximum Gasteiger partial charge on any atom is 0.471 e. The number of halogens is 3. The van der Waals surface area contributed by atoms with E-state index < -0.39 is 23.7 Å². The number of nitrogens with zero attached hydrogens (tertiary/aromatic N) is 2. The van der Waals surface area contributed by atoms with Crippen molar-refractivity contribution < 1.29 is 27.5 Å². The maximum atomic E-state index is 13.0. The summed E-state index contributed by atoms with van der Waals surface area (Å²) in [6, 6.07) is 6.91. The number of hydrogen-bond donors (Lipinski definition) is 0. The van der Waals surface area contributed by atoms with Crippen molar-refractivity contribution in [1.82, 2.24) is 9.80 Å². The van der Waals surface area contributed by atoms with E-state index in [9.17, 15) is 22.8 Å². The molecule has 1 unspecified atom stereocenters. The normalized spacial score (nSPS) is 21.1. The van der Waals surface area contributed by atoms with Gasteiger partial charge < -0.3 is 14.5 Å². The van der Waals surface area contributed by atoms with Crippen LogP contribution in [0.15, 0.2) is 24.3 Å². The van der Waals surface area contributed by atoms with Gasteiger partial charge in [0.2, 0.25) is 0 Å². The van der Waals surface area contributed by atoms with E-state index >= 15 is 0 Å². The van der Waals surface area contributed by atoms with Crippen LogP contribution in [0.25, 0.3) is 0 Å². The van der Waals surface area contributed by atoms with Gasteiger partial charge in [-0.2, -0.15) is 13.2 Å². The Morgan fingerprint density at radius 1 is 0.967 bits per heavy atom. The third kappa shape index (κ3) is 5.08. The molecule has 2 amide bonds. The zero-order valence-corrected chi connectivity index (χ0v) is 17.7. The van der Waals surface area contributed by atoms with E-state index in [1.165, 1.54) is 0 Å². The van der Waals surface area contributed by atoms with Gasteiger partial charge in [-0.3, -0.25) is 4.79 Å². The molecule has 0 spiro atoms. The fourth-order valence-corrected chi connectivity index (χ4v) is 4.38. The molecule has 2 saturated heterocycles. The molecule has 2 aliphatic rings. The quantitative estimate of drug-likeness (QED) is 0.667. The first-order valence-electron chi connectivity index (χ1n) is 10.4. The molecule has 1 aromatic rings. The molecule has 5 nitrogen and oxygen atoms in total. The number of amides is 2. The van der Waals surface area contributed by atoms with Crippen LogP contribution in [0.5, 0.6) is 0 Å². The Kier molecular flexibility index (Phi) is 6.34. The van der Waals surface area contributed by atoms with Crippen LogP contribution in [0, 0.1) is 0 Å². The lowest BCUT2D eigenvalue weighted by atomic mass is 9.84. The van der Waals surface area contributed by atoms with Gasteiger partial charge in [-0.25, -0.2) is 4.79 Å². The van der Waals surface area contributed by atoms with Crippen molar-refractivity contribution in [3.63, 3.8) is 0 Å². The molecule has 0 N–H and O–H groups in total. The van der Waals surface area contributed by atoms with Crippen LogP contribution < -0.4 is 0 Å². The first-order chi connectivity index (χ1) is 14.0. The summed E-state index contributed by atoms with van der Waals surface area (Å²) in [6.45, 7) is 6.65. The van der Waals surface area contributed by atoms with Crippen LogP contribution in [0.3, 0.4) is 0 Å². The minimum atomic E-state index is -4.86. The zero-order valence-electron chi connectivity index (χ0n) is 17.7. The summed E-state index contributed by atoms with van der Waals surface area (Å²) in [7, 11) is 0. The SMILES string of the molecule is CC(C)(C)OC(=O)N1CCC(c2ccccc2C2CCCN2C(=O)C(F)(F)F)CC1. The van der Waals surface area contributed by atoms with Crippen molar-refractivity contribution >= 4 is 12.0 Å². The minimum Gasteiger partial charge on any atom is -0.444 e. The first kappa shape index (κ1) is 22.4. The van der Waals surface area contributed by atoms with Gasteiger partial charge in [-0.15, -0.1) is 0 Å². The predicted molar refractivity (Wildman–Crippen MR) is 106 cm³/mol. The molecule has 2 fully saturated rings. The van der Waals surface area contributed by atoms with Crippen molar-refractivity contribution in [3.8, 4) is 0 Å². The average Bonchev–Trinajstić information content (AvgIpc) is 3.15. The van der Waals surface area contributed by atoms with Crippen molar-refractivity contribution in [2.75, 3.05) is 19.6 Å². The number of likely N-dealkylation sites (tertiary alicyclic amines) is 2. The van der Waals surface area contributed by atoms with Gasteiger partial charge in [-0.1, -0.05) is 24.3 Å². The van der Waals surface area contributed by atoms with Crippen molar-refractivity contribution in [2.24, 2.45) is 0 Å². The van der Waals surface area contributed by atoms with Crippen LogP contribution >= 0.6 is 0 Å². The van der Waals surface area contributed by atoms with Crippen LogP contribution in [0.2, 0.25) is 0 Å². The fourth-order valence-electron chi connectivity index (χ4n) is 4.38. The largest absolute Gasteiger partial charge is 0.471 e. The van der Waals surface area contributed by atoms with Crippen LogP contribution in [0.1, 0.15) is 69.5 Å². The highest BCUT2D eigenvalue weighted by Crippen LogP contribution is 2.40. The molecule has 2 heterocycles. The fraction of sp³-hybridized carbons (Fsp3) is 0.636. The lowest BCUT2D eigenvalue weighted by molar-refractivity contribution is -0.186. The number of rotatable bonds is 2. The Hall–Kier alpha value is -2.25. The second-order valence-corrected chi connectivity index (χ2v) is 9.02. The number of piperidine rings is 1. The highest BCUT2D eigenvalue weighted by atomic mass is 19.4. The minimum absolute atomic E-state index is 0.119. The van der Waals surface area contributed by atoms with E-state index in [0.29, 0.717) is 38.8 Å². The van der Waals surface area contributed by atoms with Crippen molar-refractivity contribution in [1.29, 1.82) is 0 Å². The molecule has 0 aliphatic carbocycles. The van der Waals surface area contributed by atoms with E-state index in [2.05, 4.69) is 0 Å². The van der Waals surface area contributed by atoms with E-state index in [0.717, 1.165) is 16.0 Å².